The number of aliphatic hydroxyl groups is 1. The predicted molar refractivity (Wildman–Crippen MR) is 56.3 cm³/mol. The Kier molecular flexibility index (Phi) is 3.84. The minimum absolute atomic E-state index is 0.0595. The maximum Gasteiger partial charge on any atom is 0.258 e. The van der Waals surface area contributed by atoms with Gasteiger partial charge in [0.1, 0.15) is 0 Å². The number of benzene rings is 1. The number of hydrogen-bond acceptors (Lipinski definition) is 3. The highest BCUT2D eigenvalue weighted by Crippen LogP contribution is 2.22. The van der Waals surface area contributed by atoms with Crippen LogP contribution in [-0.2, 0) is 4.79 Å². The SMILES string of the molecule is CC(Oc1ccc(C(C)O)cc1F)C(N)=O. The molecule has 1 amide bonds. The third-order valence-corrected chi connectivity index (χ3v) is 2.14. The number of amides is 1. The highest BCUT2D eigenvalue weighted by atomic mass is 19.1. The maximum atomic E-state index is 13.4. The summed E-state index contributed by atoms with van der Waals surface area (Å²) in [5.41, 5.74) is 5.43. The van der Waals surface area contributed by atoms with E-state index in [9.17, 15) is 14.3 Å². The quantitative estimate of drug-likeness (QED) is 0.809. The molecule has 3 N–H and O–H groups in total. The molecule has 1 aromatic rings. The number of carbonyl (C=O) groups excluding carboxylic acids is 1. The van der Waals surface area contributed by atoms with Crippen LogP contribution in [-0.4, -0.2) is 17.1 Å². The van der Waals surface area contributed by atoms with Crippen molar-refractivity contribution in [1.82, 2.24) is 0 Å². The van der Waals surface area contributed by atoms with Gasteiger partial charge < -0.3 is 15.6 Å². The second kappa shape index (κ2) is 4.94. The molecule has 5 heteroatoms. The minimum atomic E-state index is -0.896. The van der Waals surface area contributed by atoms with Crippen molar-refractivity contribution in [2.24, 2.45) is 5.73 Å². The van der Waals surface area contributed by atoms with Gasteiger partial charge in [-0.1, -0.05) is 6.07 Å². The van der Waals surface area contributed by atoms with Crippen molar-refractivity contribution in [2.45, 2.75) is 26.1 Å². The van der Waals surface area contributed by atoms with Crippen LogP contribution in [0.2, 0.25) is 0 Å². The smallest absolute Gasteiger partial charge is 0.258 e. The summed E-state index contributed by atoms with van der Waals surface area (Å²) in [6, 6.07) is 4.04. The Morgan fingerprint density at radius 3 is 2.56 bits per heavy atom. The van der Waals surface area contributed by atoms with Crippen LogP contribution in [0.3, 0.4) is 0 Å². The van der Waals surface area contributed by atoms with Gasteiger partial charge in [-0.2, -0.15) is 0 Å². The van der Waals surface area contributed by atoms with Crippen LogP contribution in [0.1, 0.15) is 25.5 Å². The zero-order chi connectivity index (χ0) is 12.3. The van der Waals surface area contributed by atoms with E-state index in [1.54, 1.807) is 0 Å². The molecule has 2 atom stereocenters. The molecule has 0 saturated carbocycles. The number of carbonyl (C=O) groups is 1. The van der Waals surface area contributed by atoms with Crippen molar-refractivity contribution in [2.75, 3.05) is 0 Å². The monoisotopic (exact) mass is 227 g/mol. The lowest BCUT2D eigenvalue weighted by molar-refractivity contribution is -0.124. The van der Waals surface area contributed by atoms with Crippen LogP contribution in [0.25, 0.3) is 0 Å². The molecule has 0 fully saturated rings. The Labute approximate surface area is 92.8 Å². The maximum absolute atomic E-state index is 13.4. The molecule has 88 valence electrons. The first-order valence-electron chi connectivity index (χ1n) is 4.85. The second-order valence-corrected chi connectivity index (χ2v) is 3.53. The Bertz CT molecular complexity index is 393. The molecule has 0 radical (unpaired) electrons. The number of primary amides is 1. The normalized spacial score (nSPS) is 14.2. The van der Waals surface area contributed by atoms with Crippen LogP contribution in [0.4, 0.5) is 4.39 Å². The lowest BCUT2D eigenvalue weighted by Gasteiger charge is -2.13. The van der Waals surface area contributed by atoms with Crippen molar-refractivity contribution < 1.29 is 19.0 Å². The molecule has 0 heterocycles. The van der Waals surface area contributed by atoms with Crippen LogP contribution >= 0.6 is 0 Å². The van der Waals surface area contributed by atoms with Crippen molar-refractivity contribution >= 4 is 5.91 Å². The first kappa shape index (κ1) is 12.4. The number of nitrogens with two attached hydrogens (primary N) is 1. The van der Waals surface area contributed by atoms with Crippen LogP contribution in [0.15, 0.2) is 18.2 Å². The van der Waals surface area contributed by atoms with Gasteiger partial charge in [0.2, 0.25) is 0 Å². The average Bonchev–Trinajstić information content (AvgIpc) is 2.20. The van der Waals surface area contributed by atoms with Gasteiger partial charge in [-0.05, 0) is 31.5 Å². The van der Waals surface area contributed by atoms with Crippen molar-refractivity contribution in [1.29, 1.82) is 0 Å². The summed E-state index contributed by atoms with van der Waals surface area (Å²) in [6.45, 7) is 2.96. The highest BCUT2D eigenvalue weighted by Gasteiger charge is 2.14. The van der Waals surface area contributed by atoms with Gasteiger partial charge in [0, 0.05) is 0 Å². The summed E-state index contributed by atoms with van der Waals surface area (Å²) in [7, 11) is 0. The van der Waals surface area contributed by atoms with E-state index in [-0.39, 0.29) is 5.75 Å². The summed E-state index contributed by atoms with van der Waals surface area (Å²) in [5, 5.41) is 9.23. The third kappa shape index (κ3) is 2.93. The topological polar surface area (TPSA) is 72.6 Å². The number of halogens is 1. The Morgan fingerprint density at radius 1 is 1.50 bits per heavy atom. The lowest BCUT2D eigenvalue weighted by Crippen LogP contribution is -2.30. The molecule has 1 rings (SSSR count). The van der Waals surface area contributed by atoms with Gasteiger partial charge in [0.15, 0.2) is 17.7 Å². The average molecular weight is 227 g/mol. The molecule has 0 aliphatic carbocycles. The Morgan fingerprint density at radius 2 is 2.12 bits per heavy atom. The highest BCUT2D eigenvalue weighted by molar-refractivity contribution is 5.78. The lowest BCUT2D eigenvalue weighted by atomic mass is 10.1. The summed E-state index contributed by atoms with van der Waals surface area (Å²) < 4.78 is 18.5. The van der Waals surface area contributed by atoms with Crippen LogP contribution in [0.5, 0.6) is 5.75 Å². The predicted octanol–water partition coefficient (Wildman–Crippen LogP) is 1.13. The van der Waals surface area contributed by atoms with E-state index in [4.69, 9.17) is 10.5 Å². The molecule has 0 aliphatic rings. The molecule has 0 aromatic heterocycles. The zero-order valence-electron chi connectivity index (χ0n) is 9.11. The van der Waals surface area contributed by atoms with Gasteiger partial charge in [-0.15, -0.1) is 0 Å². The number of ether oxygens (including phenoxy) is 1. The molecular formula is C11H14FNO3. The van der Waals surface area contributed by atoms with Crippen LogP contribution < -0.4 is 10.5 Å². The minimum Gasteiger partial charge on any atom is -0.478 e. The summed E-state index contributed by atoms with van der Waals surface area (Å²) in [4.78, 5) is 10.7. The fourth-order valence-electron chi connectivity index (χ4n) is 1.12. The van der Waals surface area contributed by atoms with E-state index in [1.807, 2.05) is 0 Å². The first-order valence-corrected chi connectivity index (χ1v) is 4.85. The van der Waals surface area contributed by atoms with E-state index in [0.717, 1.165) is 6.07 Å². The molecule has 0 aliphatic heterocycles. The Hall–Kier alpha value is -1.62. The summed E-state index contributed by atoms with van der Waals surface area (Å²) in [5.74, 6) is -1.36. The first-order chi connectivity index (χ1) is 7.41. The molecular weight excluding hydrogens is 213 g/mol. The molecule has 0 bridgehead atoms. The van der Waals surface area contributed by atoms with Gasteiger partial charge >= 0.3 is 0 Å². The van der Waals surface area contributed by atoms with E-state index in [0.29, 0.717) is 5.56 Å². The van der Waals surface area contributed by atoms with E-state index >= 15 is 0 Å². The number of hydrogen-bond donors (Lipinski definition) is 2. The molecule has 1 aromatic carbocycles. The van der Waals surface area contributed by atoms with Crippen molar-refractivity contribution in [3.05, 3.63) is 29.6 Å². The fraction of sp³-hybridized carbons (Fsp3) is 0.364. The largest absolute Gasteiger partial charge is 0.478 e. The van der Waals surface area contributed by atoms with E-state index in [2.05, 4.69) is 0 Å². The summed E-state index contributed by atoms with van der Waals surface area (Å²) >= 11 is 0. The molecule has 2 unspecified atom stereocenters. The molecule has 0 saturated heterocycles. The molecule has 0 spiro atoms. The van der Waals surface area contributed by atoms with Gasteiger partial charge in [0.25, 0.3) is 5.91 Å². The van der Waals surface area contributed by atoms with Gasteiger partial charge in [-0.3, -0.25) is 4.79 Å². The van der Waals surface area contributed by atoms with E-state index < -0.39 is 23.9 Å². The van der Waals surface area contributed by atoms with Gasteiger partial charge in [-0.25, -0.2) is 4.39 Å². The molecule has 4 nitrogen and oxygen atoms in total. The standard InChI is InChI=1S/C11H14FNO3/c1-6(14)8-3-4-10(9(12)5-8)16-7(2)11(13)15/h3-7,14H,1-2H3,(H2,13,15). The summed E-state index contributed by atoms with van der Waals surface area (Å²) in [6.07, 6.45) is -1.65. The van der Waals surface area contributed by atoms with Crippen LogP contribution in [0, 0.1) is 5.82 Å². The number of aliphatic hydroxyl groups excluding tert-OH is 1. The number of rotatable bonds is 4. The Balaban J connectivity index is 2.87. The fourth-order valence-corrected chi connectivity index (χ4v) is 1.12. The molecule has 16 heavy (non-hydrogen) atoms. The van der Waals surface area contributed by atoms with Crippen molar-refractivity contribution in [3.8, 4) is 5.75 Å². The van der Waals surface area contributed by atoms with Crippen molar-refractivity contribution in [3.63, 3.8) is 0 Å². The zero-order valence-corrected chi connectivity index (χ0v) is 9.11. The second-order valence-electron chi connectivity index (χ2n) is 3.53. The third-order valence-electron chi connectivity index (χ3n) is 2.14. The van der Waals surface area contributed by atoms with Gasteiger partial charge in [0.05, 0.1) is 6.10 Å². The van der Waals surface area contributed by atoms with E-state index in [1.165, 1.54) is 26.0 Å².